The van der Waals surface area contributed by atoms with Crippen LogP contribution in [0, 0.1) is 0 Å². The van der Waals surface area contributed by atoms with Crippen molar-refractivity contribution in [3.63, 3.8) is 0 Å². The minimum Gasteiger partial charge on any atom is -0.385 e. The van der Waals surface area contributed by atoms with E-state index in [0.717, 1.165) is 22.1 Å². The normalized spacial score (nSPS) is 10.7. The van der Waals surface area contributed by atoms with E-state index in [4.69, 9.17) is 4.74 Å². The SMILES string of the molecule is COCCCNC(=O)c1nc(-c2ccc(Br)cc2)n(-c2ccccc2)n1. The molecule has 1 N–H and O–H groups in total. The molecule has 0 aliphatic heterocycles. The van der Waals surface area contributed by atoms with Gasteiger partial charge in [0.05, 0.1) is 5.69 Å². The van der Waals surface area contributed by atoms with Crippen molar-refractivity contribution in [2.75, 3.05) is 20.3 Å². The third-order valence-corrected chi connectivity index (χ3v) is 4.25. The van der Waals surface area contributed by atoms with Crippen molar-refractivity contribution in [1.29, 1.82) is 0 Å². The van der Waals surface area contributed by atoms with Gasteiger partial charge in [-0.05, 0) is 30.7 Å². The van der Waals surface area contributed by atoms with E-state index in [0.29, 0.717) is 19.0 Å². The van der Waals surface area contributed by atoms with Crippen LogP contribution in [0.2, 0.25) is 0 Å². The third-order valence-electron chi connectivity index (χ3n) is 3.72. The first kappa shape index (κ1) is 18.3. The summed E-state index contributed by atoms with van der Waals surface area (Å²) in [5, 5.41) is 7.25. The number of benzene rings is 2. The van der Waals surface area contributed by atoms with Crippen LogP contribution in [0.3, 0.4) is 0 Å². The van der Waals surface area contributed by atoms with Crippen LogP contribution in [0.25, 0.3) is 17.1 Å². The molecular formula is C19H19BrN4O2. The molecule has 0 aliphatic carbocycles. The molecule has 26 heavy (non-hydrogen) atoms. The molecule has 0 bridgehead atoms. The topological polar surface area (TPSA) is 69.0 Å². The zero-order valence-electron chi connectivity index (χ0n) is 14.4. The molecule has 0 atom stereocenters. The fraction of sp³-hybridized carbons (Fsp3) is 0.211. The van der Waals surface area contributed by atoms with E-state index in [1.165, 1.54) is 0 Å². The third kappa shape index (κ3) is 4.36. The molecule has 2 aromatic carbocycles. The Morgan fingerprint density at radius 2 is 1.88 bits per heavy atom. The first-order chi connectivity index (χ1) is 12.7. The summed E-state index contributed by atoms with van der Waals surface area (Å²) in [6.45, 7) is 1.11. The van der Waals surface area contributed by atoms with Gasteiger partial charge in [0.25, 0.3) is 5.91 Å². The molecule has 0 saturated heterocycles. The Hall–Kier alpha value is -2.51. The predicted octanol–water partition coefficient (Wildman–Crippen LogP) is 3.46. The van der Waals surface area contributed by atoms with Crippen molar-refractivity contribution < 1.29 is 9.53 Å². The summed E-state index contributed by atoms with van der Waals surface area (Å²) in [5.41, 5.74) is 1.72. The minimum atomic E-state index is -0.297. The van der Waals surface area contributed by atoms with Gasteiger partial charge in [0, 0.05) is 30.3 Å². The first-order valence-corrected chi connectivity index (χ1v) is 9.04. The molecular weight excluding hydrogens is 396 g/mol. The van der Waals surface area contributed by atoms with E-state index < -0.39 is 0 Å². The molecule has 0 saturated carbocycles. The van der Waals surface area contributed by atoms with Gasteiger partial charge in [0.2, 0.25) is 5.82 Å². The quantitative estimate of drug-likeness (QED) is 0.600. The average Bonchev–Trinajstić information content (AvgIpc) is 3.12. The molecule has 6 nitrogen and oxygen atoms in total. The lowest BCUT2D eigenvalue weighted by Crippen LogP contribution is -2.26. The largest absolute Gasteiger partial charge is 0.385 e. The summed E-state index contributed by atoms with van der Waals surface area (Å²) in [6.07, 6.45) is 0.737. The second kappa shape index (κ2) is 8.73. The van der Waals surface area contributed by atoms with E-state index in [9.17, 15) is 4.79 Å². The predicted molar refractivity (Wildman–Crippen MR) is 103 cm³/mol. The summed E-state index contributed by atoms with van der Waals surface area (Å²) in [5.74, 6) is 0.462. The van der Waals surface area contributed by atoms with Gasteiger partial charge in [-0.2, -0.15) is 0 Å². The molecule has 0 fully saturated rings. The summed E-state index contributed by atoms with van der Waals surface area (Å²) in [4.78, 5) is 16.9. The number of carbonyl (C=O) groups excluding carboxylic acids is 1. The number of nitrogens with one attached hydrogen (secondary N) is 1. The zero-order chi connectivity index (χ0) is 18.4. The molecule has 0 spiro atoms. The van der Waals surface area contributed by atoms with Crippen LogP contribution in [0.1, 0.15) is 17.0 Å². The number of aromatic nitrogens is 3. The zero-order valence-corrected chi connectivity index (χ0v) is 15.9. The van der Waals surface area contributed by atoms with Gasteiger partial charge in [-0.15, -0.1) is 5.10 Å². The van der Waals surface area contributed by atoms with Crippen molar-refractivity contribution in [3.05, 3.63) is 64.9 Å². The number of carbonyl (C=O) groups is 1. The molecule has 1 aromatic heterocycles. The second-order valence-electron chi connectivity index (χ2n) is 5.62. The van der Waals surface area contributed by atoms with Gasteiger partial charge in [0.15, 0.2) is 5.82 Å². The second-order valence-corrected chi connectivity index (χ2v) is 6.53. The number of halogens is 1. The highest BCUT2D eigenvalue weighted by Gasteiger charge is 2.18. The lowest BCUT2D eigenvalue weighted by atomic mass is 10.2. The van der Waals surface area contributed by atoms with E-state index in [1.54, 1.807) is 11.8 Å². The van der Waals surface area contributed by atoms with Crippen molar-refractivity contribution in [1.82, 2.24) is 20.1 Å². The standard InChI is InChI=1S/C19H19BrN4O2/c1-26-13-5-12-21-19(25)17-22-18(14-8-10-15(20)11-9-14)24(23-17)16-6-3-2-4-7-16/h2-4,6-11H,5,12-13H2,1H3,(H,21,25). The van der Waals surface area contributed by atoms with Gasteiger partial charge >= 0.3 is 0 Å². The van der Waals surface area contributed by atoms with Crippen molar-refractivity contribution >= 4 is 21.8 Å². The van der Waals surface area contributed by atoms with Crippen LogP contribution in [0.15, 0.2) is 59.1 Å². The maximum Gasteiger partial charge on any atom is 0.290 e. The lowest BCUT2D eigenvalue weighted by molar-refractivity contribution is 0.0938. The maximum atomic E-state index is 12.4. The van der Waals surface area contributed by atoms with Gasteiger partial charge in [-0.25, -0.2) is 9.67 Å². The van der Waals surface area contributed by atoms with Crippen molar-refractivity contribution in [3.8, 4) is 17.1 Å². The fourth-order valence-corrected chi connectivity index (χ4v) is 2.71. The Bertz CT molecular complexity index is 863. The van der Waals surface area contributed by atoms with E-state index in [2.05, 4.69) is 31.3 Å². The van der Waals surface area contributed by atoms with Crippen LogP contribution in [-0.2, 0) is 4.74 Å². The van der Waals surface area contributed by atoms with Crippen LogP contribution < -0.4 is 5.32 Å². The van der Waals surface area contributed by atoms with Crippen LogP contribution in [-0.4, -0.2) is 40.9 Å². The van der Waals surface area contributed by atoms with E-state index >= 15 is 0 Å². The van der Waals surface area contributed by atoms with E-state index in [-0.39, 0.29) is 11.7 Å². The first-order valence-electron chi connectivity index (χ1n) is 8.24. The molecule has 3 rings (SSSR count). The molecule has 0 radical (unpaired) electrons. The Morgan fingerprint density at radius 3 is 2.58 bits per heavy atom. The van der Waals surface area contributed by atoms with Crippen molar-refractivity contribution in [2.24, 2.45) is 0 Å². The molecule has 7 heteroatoms. The van der Waals surface area contributed by atoms with Crippen molar-refractivity contribution in [2.45, 2.75) is 6.42 Å². The van der Waals surface area contributed by atoms with Crippen LogP contribution in [0.4, 0.5) is 0 Å². The Morgan fingerprint density at radius 1 is 1.15 bits per heavy atom. The van der Waals surface area contributed by atoms with Gasteiger partial charge in [0.1, 0.15) is 0 Å². The van der Waals surface area contributed by atoms with Crippen LogP contribution in [0.5, 0.6) is 0 Å². The van der Waals surface area contributed by atoms with Gasteiger partial charge in [-0.3, -0.25) is 4.79 Å². The number of para-hydroxylation sites is 1. The number of hydrogen-bond acceptors (Lipinski definition) is 4. The summed E-state index contributed by atoms with van der Waals surface area (Å²) in [6, 6.07) is 17.4. The maximum absolute atomic E-state index is 12.4. The number of methoxy groups -OCH3 is 1. The van der Waals surface area contributed by atoms with Crippen LogP contribution >= 0.6 is 15.9 Å². The number of hydrogen-bond donors (Lipinski definition) is 1. The summed E-state index contributed by atoms with van der Waals surface area (Å²) in [7, 11) is 1.63. The highest BCUT2D eigenvalue weighted by molar-refractivity contribution is 9.10. The molecule has 1 amide bonds. The number of nitrogens with zero attached hydrogens (tertiary/aromatic N) is 3. The molecule has 1 heterocycles. The van der Waals surface area contributed by atoms with Gasteiger partial charge in [-0.1, -0.05) is 46.3 Å². The summed E-state index contributed by atoms with van der Waals surface area (Å²) >= 11 is 3.43. The van der Waals surface area contributed by atoms with E-state index in [1.807, 2.05) is 54.6 Å². The fourth-order valence-electron chi connectivity index (χ4n) is 2.44. The minimum absolute atomic E-state index is 0.143. The number of amides is 1. The summed E-state index contributed by atoms with van der Waals surface area (Å²) < 4.78 is 7.65. The Balaban J connectivity index is 1.93. The highest BCUT2D eigenvalue weighted by Crippen LogP contribution is 2.23. The average molecular weight is 415 g/mol. The Labute approximate surface area is 160 Å². The molecule has 0 aliphatic rings. The molecule has 3 aromatic rings. The lowest BCUT2D eigenvalue weighted by Gasteiger charge is -2.05. The highest BCUT2D eigenvalue weighted by atomic mass is 79.9. The molecule has 0 unspecified atom stereocenters. The number of ether oxygens (including phenoxy) is 1. The smallest absolute Gasteiger partial charge is 0.290 e. The monoisotopic (exact) mass is 414 g/mol. The van der Waals surface area contributed by atoms with Gasteiger partial charge < -0.3 is 10.1 Å². The number of rotatable bonds is 7. The molecule has 134 valence electrons. The Kier molecular flexibility index (Phi) is 6.14.